The Morgan fingerprint density at radius 2 is 1.87 bits per heavy atom. The molecule has 0 spiro atoms. The molecule has 4 nitrogen and oxygen atoms in total. The molecule has 0 bridgehead atoms. The molecule has 6 heteroatoms. The van der Waals surface area contributed by atoms with Crippen molar-refractivity contribution < 1.29 is 4.39 Å². The van der Waals surface area contributed by atoms with E-state index in [1.54, 1.807) is 12.1 Å². The van der Waals surface area contributed by atoms with Gasteiger partial charge in [0.25, 0.3) is 0 Å². The van der Waals surface area contributed by atoms with Crippen molar-refractivity contribution in [3.63, 3.8) is 0 Å². The monoisotopic (exact) mass is 434 g/mol. The van der Waals surface area contributed by atoms with E-state index in [1.807, 2.05) is 24.4 Å². The second kappa shape index (κ2) is 8.08. The number of pyridine rings is 1. The minimum Gasteiger partial charge on any atom is -0.352 e. The molecule has 2 fully saturated rings. The summed E-state index contributed by atoms with van der Waals surface area (Å²) in [5.41, 5.74) is 5.25. The summed E-state index contributed by atoms with van der Waals surface area (Å²) in [5.74, 6) is -0.228. The van der Waals surface area contributed by atoms with Gasteiger partial charge in [0.05, 0.1) is 17.8 Å². The number of benzene rings is 1. The normalized spacial score (nSPS) is 21.6. The molecule has 3 aromatic rings. The lowest BCUT2D eigenvalue weighted by Crippen LogP contribution is -2.37. The van der Waals surface area contributed by atoms with Crippen LogP contribution < -0.4 is 5.32 Å². The predicted molar refractivity (Wildman–Crippen MR) is 125 cm³/mol. The van der Waals surface area contributed by atoms with E-state index in [0.717, 1.165) is 40.7 Å². The minimum atomic E-state index is -0.228. The third-order valence-corrected chi connectivity index (χ3v) is 7.04. The predicted octanol–water partition coefficient (Wildman–Crippen LogP) is 5.54. The fourth-order valence-electron chi connectivity index (χ4n) is 5.37. The van der Waals surface area contributed by atoms with Crippen molar-refractivity contribution in [2.75, 3.05) is 0 Å². The van der Waals surface area contributed by atoms with Gasteiger partial charge in [-0.15, -0.1) is 0 Å². The molecule has 1 saturated heterocycles. The molecular weight excluding hydrogens is 407 g/mol. The summed E-state index contributed by atoms with van der Waals surface area (Å²) in [6, 6.07) is 15.5. The van der Waals surface area contributed by atoms with E-state index in [1.165, 1.54) is 24.5 Å². The number of rotatable bonds is 4. The Bertz CT molecular complexity index is 1100. The Labute approximate surface area is 188 Å². The Kier molecular flexibility index (Phi) is 5.26. The smallest absolute Gasteiger partial charge is 0.170 e. The summed E-state index contributed by atoms with van der Waals surface area (Å²) in [7, 11) is 0. The van der Waals surface area contributed by atoms with E-state index >= 15 is 0 Å². The van der Waals surface area contributed by atoms with Gasteiger partial charge in [0, 0.05) is 29.3 Å². The third-order valence-electron chi connectivity index (χ3n) is 6.71. The topological polar surface area (TPSA) is 33.1 Å². The fourth-order valence-corrected chi connectivity index (χ4v) is 5.76. The number of aromatic nitrogens is 2. The van der Waals surface area contributed by atoms with Crippen molar-refractivity contribution in [3.8, 4) is 5.69 Å². The highest BCUT2D eigenvalue weighted by molar-refractivity contribution is 7.80. The number of halogens is 1. The van der Waals surface area contributed by atoms with Crippen LogP contribution in [0.15, 0.2) is 54.7 Å². The summed E-state index contributed by atoms with van der Waals surface area (Å²) < 4.78 is 16.1. The molecule has 0 radical (unpaired) electrons. The van der Waals surface area contributed by atoms with Gasteiger partial charge in [-0.05, 0) is 80.9 Å². The number of hydrogen-bond donors (Lipinski definition) is 1. The molecule has 0 amide bonds. The SMILES string of the molecule is Cc1cc(C2C(c3ccccn3)NC(=S)N2C2CCCC2)c(C)n1-c1cccc(F)c1. The van der Waals surface area contributed by atoms with Crippen molar-refractivity contribution >= 4 is 17.3 Å². The maximum atomic E-state index is 14.0. The van der Waals surface area contributed by atoms with E-state index in [0.29, 0.717) is 6.04 Å². The molecule has 1 aromatic carbocycles. The molecule has 1 N–H and O–H groups in total. The largest absolute Gasteiger partial charge is 0.352 e. The Hall–Kier alpha value is -2.73. The fraction of sp³-hybridized carbons (Fsp3) is 0.360. The van der Waals surface area contributed by atoms with Crippen LogP contribution in [0.5, 0.6) is 0 Å². The van der Waals surface area contributed by atoms with Crippen molar-refractivity contribution in [2.45, 2.75) is 57.7 Å². The second-order valence-corrected chi connectivity index (χ2v) is 9.00. The van der Waals surface area contributed by atoms with E-state index < -0.39 is 0 Å². The summed E-state index contributed by atoms with van der Waals surface area (Å²) in [5, 5.41) is 4.38. The van der Waals surface area contributed by atoms with E-state index in [4.69, 9.17) is 12.2 Å². The average molecular weight is 435 g/mol. The van der Waals surface area contributed by atoms with Crippen LogP contribution in [0, 0.1) is 19.7 Å². The Morgan fingerprint density at radius 3 is 2.58 bits per heavy atom. The Balaban J connectivity index is 1.64. The van der Waals surface area contributed by atoms with Gasteiger partial charge in [0.15, 0.2) is 5.11 Å². The van der Waals surface area contributed by atoms with Gasteiger partial charge in [-0.2, -0.15) is 0 Å². The summed E-state index contributed by atoms with van der Waals surface area (Å²) >= 11 is 5.86. The zero-order chi connectivity index (χ0) is 21.5. The number of aryl methyl sites for hydroxylation is 1. The van der Waals surface area contributed by atoms with Crippen molar-refractivity contribution in [1.29, 1.82) is 0 Å². The van der Waals surface area contributed by atoms with E-state index in [9.17, 15) is 4.39 Å². The molecule has 2 aromatic heterocycles. The Morgan fingerprint density at radius 1 is 1.06 bits per heavy atom. The van der Waals surface area contributed by atoms with Crippen LogP contribution in [0.3, 0.4) is 0 Å². The lowest BCUT2D eigenvalue weighted by atomic mass is 9.95. The highest BCUT2D eigenvalue weighted by Gasteiger charge is 2.44. The zero-order valence-corrected chi connectivity index (χ0v) is 18.7. The van der Waals surface area contributed by atoms with E-state index in [2.05, 4.69) is 45.7 Å². The van der Waals surface area contributed by atoms with Crippen LogP contribution in [-0.2, 0) is 0 Å². The molecular formula is C25H27FN4S. The number of nitrogens with zero attached hydrogens (tertiary/aromatic N) is 3. The summed E-state index contributed by atoms with van der Waals surface area (Å²) in [6.07, 6.45) is 6.65. The number of thiocarbonyl (C=S) groups is 1. The lowest BCUT2D eigenvalue weighted by Gasteiger charge is -2.33. The van der Waals surface area contributed by atoms with Crippen LogP contribution >= 0.6 is 12.2 Å². The first-order valence-electron chi connectivity index (χ1n) is 11.0. The highest BCUT2D eigenvalue weighted by atomic mass is 32.1. The van der Waals surface area contributed by atoms with Crippen LogP contribution in [0.25, 0.3) is 5.69 Å². The van der Waals surface area contributed by atoms with Gasteiger partial charge in [-0.3, -0.25) is 4.98 Å². The average Bonchev–Trinajstić information content (AvgIpc) is 3.46. The van der Waals surface area contributed by atoms with Gasteiger partial charge in [-0.1, -0.05) is 25.0 Å². The first-order valence-corrected chi connectivity index (χ1v) is 11.4. The molecule has 3 heterocycles. The standard InChI is InChI=1S/C25H27FN4S/c1-16-14-21(17(2)29(16)20-11-7-8-18(26)15-20)24-23(22-12-5-6-13-27-22)28-25(31)30(24)19-9-3-4-10-19/h5-8,11-15,19,23-24H,3-4,9-10H2,1-2H3,(H,28,31). The maximum absolute atomic E-state index is 14.0. The zero-order valence-electron chi connectivity index (χ0n) is 17.9. The van der Waals surface area contributed by atoms with Gasteiger partial charge in [0.2, 0.25) is 0 Å². The molecule has 1 aliphatic carbocycles. The number of hydrogen-bond acceptors (Lipinski definition) is 2. The molecule has 5 rings (SSSR count). The molecule has 2 unspecified atom stereocenters. The summed E-state index contributed by atoms with van der Waals surface area (Å²) in [6.45, 7) is 4.20. The molecule has 1 saturated carbocycles. The van der Waals surface area contributed by atoms with Crippen LogP contribution in [0.2, 0.25) is 0 Å². The lowest BCUT2D eigenvalue weighted by molar-refractivity contribution is 0.245. The highest BCUT2D eigenvalue weighted by Crippen LogP contribution is 2.44. The summed E-state index contributed by atoms with van der Waals surface area (Å²) in [4.78, 5) is 7.07. The molecule has 2 aliphatic rings. The van der Waals surface area contributed by atoms with E-state index in [-0.39, 0.29) is 17.9 Å². The molecule has 31 heavy (non-hydrogen) atoms. The van der Waals surface area contributed by atoms with Crippen LogP contribution in [0.4, 0.5) is 4.39 Å². The maximum Gasteiger partial charge on any atom is 0.170 e. The third kappa shape index (κ3) is 3.53. The van der Waals surface area contributed by atoms with Gasteiger partial charge >= 0.3 is 0 Å². The van der Waals surface area contributed by atoms with Crippen molar-refractivity contribution in [3.05, 3.63) is 83.2 Å². The molecule has 2 atom stereocenters. The molecule has 1 aliphatic heterocycles. The second-order valence-electron chi connectivity index (χ2n) is 8.61. The van der Waals surface area contributed by atoms with Crippen LogP contribution in [-0.4, -0.2) is 25.6 Å². The minimum absolute atomic E-state index is 0.0178. The quantitative estimate of drug-likeness (QED) is 0.546. The van der Waals surface area contributed by atoms with Crippen molar-refractivity contribution in [1.82, 2.24) is 19.8 Å². The van der Waals surface area contributed by atoms with Gasteiger partial charge in [-0.25, -0.2) is 4.39 Å². The first kappa shape index (κ1) is 20.2. The molecule has 160 valence electrons. The van der Waals surface area contributed by atoms with Gasteiger partial charge in [0.1, 0.15) is 5.82 Å². The van der Waals surface area contributed by atoms with Crippen molar-refractivity contribution in [2.24, 2.45) is 0 Å². The number of nitrogens with one attached hydrogen (secondary N) is 1. The van der Waals surface area contributed by atoms with Crippen LogP contribution in [0.1, 0.15) is 60.4 Å². The van der Waals surface area contributed by atoms with Gasteiger partial charge < -0.3 is 14.8 Å². The first-order chi connectivity index (χ1) is 15.0.